The molecule has 94 valence electrons. The lowest BCUT2D eigenvalue weighted by molar-refractivity contribution is -0.134. The van der Waals surface area contributed by atoms with Gasteiger partial charge in [-0.2, -0.15) is 0 Å². The summed E-state index contributed by atoms with van der Waals surface area (Å²) < 4.78 is 0. The SMILES string of the molecule is CCC(C)C(=O)N(C)Cc1ccccc1CN. The largest absolute Gasteiger partial charge is 0.341 e. The number of hydrogen-bond donors (Lipinski definition) is 1. The van der Waals surface area contributed by atoms with Gasteiger partial charge in [0.1, 0.15) is 0 Å². The summed E-state index contributed by atoms with van der Waals surface area (Å²) >= 11 is 0. The lowest BCUT2D eigenvalue weighted by Crippen LogP contribution is -2.31. The molecule has 0 saturated carbocycles. The van der Waals surface area contributed by atoms with Crippen molar-refractivity contribution in [2.75, 3.05) is 7.05 Å². The number of carbonyl (C=O) groups excluding carboxylic acids is 1. The highest BCUT2D eigenvalue weighted by Crippen LogP contribution is 2.13. The molecule has 17 heavy (non-hydrogen) atoms. The molecule has 3 heteroatoms. The van der Waals surface area contributed by atoms with Gasteiger partial charge in [-0.25, -0.2) is 0 Å². The molecule has 1 aromatic rings. The molecule has 0 aliphatic heterocycles. The summed E-state index contributed by atoms with van der Waals surface area (Å²) in [7, 11) is 1.85. The molecule has 0 heterocycles. The van der Waals surface area contributed by atoms with Crippen LogP contribution in [0.15, 0.2) is 24.3 Å². The fourth-order valence-corrected chi connectivity index (χ4v) is 1.80. The molecule has 0 aliphatic carbocycles. The Morgan fingerprint density at radius 3 is 2.47 bits per heavy atom. The Kier molecular flexibility index (Phi) is 5.16. The van der Waals surface area contributed by atoms with Gasteiger partial charge in [0.2, 0.25) is 5.91 Å². The fourth-order valence-electron chi connectivity index (χ4n) is 1.80. The third-order valence-electron chi connectivity index (χ3n) is 3.16. The summed E-state index contributed by atoms with van der Waals surface area (Å²) in [6.45, 7) is 5.15. The zero-order chi connectivity index (χ0) is 12.8. The van der Waals surface area contributed by atoms with E-state index in [2.05, 4.69) is 0 Å². The molecule has 1 atom stereocenters. The summed E-state index contributed by atoms with van der Waals surface area (Å²) in [5.74, 6) is 0.282. The second kappa shape index (κ2) is 6.40. The zero-order valence-corrected chi connectivity index (χ0v) is 10.9. The van der Waals surface area contributed by atoms with Crippen LogP contribution in [0.4, 0.5) is 0 Å². The Hall–Kier alpha value is -1.35. The van der Waals surface area contributed by atoms with Crippen molar-refractivity contribution in [1.82, 2.24) is 4.90 Å². The third kappa shape index (κ3) is 3.56. The first-order valence-electron chi connectivity index (χ1n) is 6.12. The molecule has 0 spiro atoms. The fraction of sp³-hybridized carbons (Fsp3) is 0.500. The normalized spacial score (nSPS) is 12.2. The van der Waals surface area contributed by atoms with Crippen LogP contribution in [0, 0.1) is 5.92 Å². The number of amides is 1. The highest BCUT2D eigenvalue weighted by Gasteiger charge is 2.16. The van der Waals surface area contributed by atoms with Gasteiger partial charge in [0, 0.05) is 26.1 Å². The van der Waals surface area contributed by atoms with Crippen LogP contribution in [0.5, 0.6) is 0 Å². The van der Waals surface area contributed by atoms with Crippen molar-refractivity contribution >= 4 is 5.91 Å². The van der Waals surface area contributed by atoms with E-state index in [4.69, 9.17) is 5.73 Å². The van der Waals surface area contributed by atoms with Gasteiger partial charge < -0.3 is 10.6 Å². The van der Waals surface area contributed by atoms with E-state index in [9.17, 15) is 4.79 Å². The molecule has 2 N–H and O–H groups in total. The van der Waals surface area contributed by atoms with Gasteiger partial charge in [-0.15, -0.1) is 0 Å². The molecule has 3 nitrogen and oxygen atoms in total. The van der Waals surface area contributed by atoms with Gasteiger partial charge in [0.15, 0.2) is 0 Å². The molecule has 1 unspecified atom stereocenters. The molecule has 0 aliphatic rings. The van der Waals surface area contributed by atoms with Crippen LogP contribution in [0.3, 0.4) is 0 Å². The topological polar surface area (TPSA) is 46.3 Å². The molecular formula is C14H22N2O. The first kappa shape index (κ1) is 13.7. The summed E-state index contributed by atoms with van der Waals surface area (Å²) in [5.41, 5.74) is 7.93. The second-order valence-electron chi connectivity index (χ2n) is 4.48. The van der Waals surface area contributed by atoms with Gasteiger partial charge in [-0.05, 0) is 17.5 Å². The van der Waals surface area contributed by atoms with E-state index in [1.54, 1.807) is 4.90 Å². The van der Waals surface area contributed by atoms with Gasteiger partial charge in [-0.1, -0.05) is 38.1 Å². The van der Waals surface area contributed by atoms with Gasteiger partial charge in [0.25, 0.3) is 0 Å². The van der Waals surface area contributed by atoms with E-state index in [-0.39, 0.29) is 11.8 Å². The van der Waals surface area contributed by atoms with Crippen molar-refractivity contribution in [1.29, 1.82) is 0 Å². The maximum atomic E-state index is 12.0. The van der Waals surface area contributed by atoms with E-state index in [1.807, 2.05) is 45.2 Å². The summed E-state index contributed by atoms with van der Waals surface area (Å²) in [5, 5.41) is 0. The molecule has 0 saturated heterocycles. The van der Waals surface area contributed by atoms with Gasteiger partial charge in [0.05, 0.1) is 0 Å². The van der Waals surface area contributed by atoms with Crippen molar-refractivity contribution in [3.05, 3.63) is 35.4 Å². The Labute approximate surface area is 104 Å². The van der Waals surface area contributed by atoms with E-state index < -0.39 is 0 Å². The van der Waals surface area contributed by atoms with E-state index in [0.717, 1.165) is 17.5 Å². The number of nitrogens with two attached hydrogens (primary N) is 1. The molecule has 0 aromatic heterocycles. The third-order valence-corrected chi connectivity index (χ3v) is 3.16. The zero-order valence-electron chi connectivity index (χ0n) is 10.9. The molecular weight excluding hydrogens is 212 g/mol. The summed E-state index contributed by atoms with van der Waals surface area (Å²) in [6, 6.07) is 8.00. The van der Waals surface area contributed by atoms with Crippen molar-refractivity contribution in [2.45, 2.75) is 33.4 Å². The van der Waals surface area contributed by atoms with Gasteiger partial charge >= 0.3 is 0 Å². The number of carbonyl (C=O) groups is 1. The number of hydrogen-bond acceptors (Lipinski definition) is 2. The van der Waals surface area contributed by atoms with Crippen molar-refractivity contribution in [2.24, 2.45) is 11.7 Å². The number of rotatable bonds is 5. The first-order chi connectivity index (χ1) is 8.10. The minimum Gasteiger partial charge on any atom is -0.341 e. The molecule has 0 fully saturated rings. The average Bonchev–Trinajstić information content (AvgIpc) is 2.37. The minimum atomic E-state index is 0.0880. The molecule has 1 amide bonds. The average molecular weight is 234 g/mol. The van der Waals surface area contributed by atoms with Gasteiger partial charge in [-0.3, -0.25) is 4.79 Å². The monoisotopic (exact) mass is 234 g/mol. The van der Waals surface area contributed by atoms with Crippen LogP contribution in [0.25, 0.3) is 0 Å². The van der Waals surface area contributed by atoms with Crippen LogP contribution in [-0.2, 0) is 17.9 Å². The Bertz CT molecular complexity index is 376. The van der Waals surface area contributed by atoms with Crippen molar-refractivity contribution < 1.29 is 4.79 Å². The van der Waals surface area contributed by atoms with Crippen molar-refractivity contribution in [3.8, 4) is 0 Å². The standard InChI is InChI=1S/C14H22N2O/c1-4-11(2)14(17)16(3)10-13-8-6-5-7-12(13)9-15/h5-8,11H,4,9-10,15H2,1-3H3. The minimum absolute atomic E-state index is 0.0880. The van der Waals surface area contributed by atoms with E-state index in [0.29, 0.717) is 13.1 Å². The molecule has 0 radical (unpaired) electrons. The second-order valence-corrected chi connectivity index (χ2v) is 4.48. The highest BCUT2D eigenvalue weighted by atomic mass is 16.2. The van der Waals surface area contributed by atoms with Crippen LogP contribution >= 0.6 is 0 Å². The predicted molar refractivity (Wildman–Crippen MR) is 70.3 cm³/mol. The Morgan fingerprint density at radius 2 is 1.94 bits per heavy atom. The predicted octanol–water partition coefficient (Wildman–Crippen LogP) is 2.15. The lowest BCUT2D eigenvalue weighted by Gasteiger charge is -2.22. The quantitative estimate of drug-likeness (QED) is 0.848. The number of benzene rings is 1. The Morgan fingerprint density at radius 1 is 1.35 bits per heavy atom. The molecule has 0 bridgehead atoms. The highest BCUT2D eigenvalue weighted by molar-refractivity contribution is 5.78. The molecule has 1 rings (SSSR count). The van der Waals surface area contributed by atoms with E-state index in [1.165, 1.54) is 0 Å². The lowest BCUT2D eigenvalue weighted by atomic mass is 10.1. The summed E-state index contributed by atoms with van der Waals surface area (Å²) in [6.07, 6.45) is 0.877. The number of nitrogens with zero attached hydrogens (tertiary/aromatic N) is 1. The van der Waals surface area contributed by atoms with Crippen LogP contribution in [0.2, 0.25) is 0 Å². The smallest absolute Gasteiger partial charge is 0.225 e. The van der Waals surface area contributed by atoms with E-state index >= 15 is 0 Å². The van der Waals surface area contributed by atoms with Crippen LogP contribution in [-0.4, -0.2) is 17.9 Å². The van der Waals surface area contributed by atoms with Crippen LogP contribution in [0.1, 0.15) is 31.4 Å². The van der Waals surface area contributed by atoms with Crippen LogP contribution < -0.4 is 5.73 Å². The Balaban J connectivity index is 2.74. The maximum absolute atomic E-state index is 12.0. The van der Waals surface area contributed by atoms with Crippen molar-refractivity contribution in [3.63, 3.8) is 0 Å². The first-order valence-corrected chi connectivity index (χ1v) is 6.12. The maximum Gasteiger partial charge on any atom is 0.225 e. The summed E-state index contributed by atoms with van der Waals surface area (Å²) in [4.78, 5) is 13.8. The molecule has 1 aromatic carbocycles.